The van der Waals surface area contributed by atoms with Gasteiger partial charge < -0.3 is 4.57 Å². The molecule has 3 heterocycles. The van der Waals surface area contributed by atoms with E-state index in [1.54, 1.807) is 0 Å². The van der Waals surface area contributed by atoms with Gasteiger partial charge in [0, 0.05) is 65.1 Å². The van der Waals surface area contributed by atoms with Crippen molar-refractivity contribution in [2.24, 2.45) is 0 Å². The third kappa shape index (κ3) is 3.83. The van der Waals surface area contributed by atoms with E-state index in [-0.39, 0.29) is 0 Å². The average Bonchev–Trinajstić information content (AvgIpc) is 3.85. The molecule has 0 spiro atoms. The zero-order chi connectivity index (χ0) is 32.1. The molecule has 228 valence electrons. The maximum Gasteiger partial charge on any atom is 0.160 e. The number of nitrogens with zero attached hydrogens (tertiary/aromatic N) is 3. The number of thiophene rings is 1. The lowest BCUT2D eigenvalue weighted by atomic mass is 9.97. The zero-order valence-electron chi connectivity index (χ0n) is 26.4. The zero-order valence-corrected chi connectivity index (χ0v) is 27.2. The van der Waals surface area contributed by atoms with Crippen molar-refractivity contribution in [3.8, 4) is 39.5 Å². The van der Waals surface area contributed by atoms with Crippen molar-refractivity contribution in [1.82, 2.24) is 14.5 Å². The van der Waals surface area contributed by atoms with Crippen LogP contribution in [0.5, 0.6) is 0 Å². The molecule has 0 amide bonds. The molecule has 0 N–H and O–H groups in total. The number of hydrogen-bond donors (Lipinski definition) is 0. The maximum absolute atomic E-state index is 5.23. The quantitative estimate of drug-likeness (QED) is 0.192. The Balaban J connectivity index is 1.29. The molecular weight excluding hydrogens is 615 g/mol. The summed E-state index contributed by atoms with van der Waals surface area (Å²) in [5, 5.41) is 6.35. The summed E-state index contributed by atoms with van der Waals surface area (Å²) in [5.74, 6) is 0.734. The van der Waals surface area contributed by atoms with E-state index in [2.05, 4.69) is 138 Å². The Morgan fingerprint density at radius 1 is 0.571 bits per heavy atom. The van der Waals surface area contributed by atoms with E-state index < -0.39 is 0 Å². The molecule has 3 nitrogen and oxygen atoms in total. The van der Waals surface area contributed by atoms with Crippen LogP contribution in [-0.4, -0.2) is 14.5 Å². The van der Waals surface area contributed by atoms with Crippen LogP contribution in [0.15, 0.2) is 152 Å². The van der Waals surface area contributed by atoms with Gasteiger partial charge in [0.2, 0.25) is 0 Å². The van der Waals surface area contributed by atoms with Crippen molar-refractivity contribution in [2.75, 3.05) is 0 Å². The van der Waals surface area contributed by atoms with Gasteiger partial charge in [-0.15, -0.1) is 11.3 Å². The summed E-state index contributed by atoms with van der Waals surface area (Å²) < 4.78 is 5.26. The first kappa shape index (κ1) is 26.9. The molecule has 4 heteroatoms. The van der Waals surface area contributed by atoms with E-state index in [4.69, 9.17) is 9.97 Å². The molecule has 11 rings (SSSR count). The van der Waals surface area contributed by atoms with Gasteiger partial charge in [0.25, 0.3) is 0 Å². The molecule has 0 aliphatic heterocycles. The van der Waals surface area contributed by atoms with Crippen LogP contribution in [0.3, 0.4) is 0 Å². The van der Waals surface area contributed by atoms with Crippen LogP contribution < -0.4 is 0 Å². The van der Waals surface area contributed by atoms with Gasteiger partial charge in [-0.25, -0.2) is 9.97 Å². The van der Waals surface area contributed by atoms with E-state index in [1.165, 1.54) is 64.2 Å². The van der Waals surface area contributed by atoms with E-state index in [0.29, 0.717) is 0 Å². The van der Waals surface area contributed by atoms with E-state index >= 15 is 0 Å². The van der Waals surface area contributed by atoms with Crippen molar-refractivity contribution in [3.05, 3.63) is 163 Å². The third-order valence-corrected chi connectivity index (χ3v) is 11.4. The highest BCUT2D eigenvalue weighted by atomic mass is 32.1. The standard InChI is InChI=1S/C45H27N3S/c1-3-13-27(14-4-1)42-34-26-30(23-24-36(34)46-45(47-42)28-15-5-2-6-16-28)48-37-21-11-9-19-32(37)40-41-33-20-10-12-22-38(33)49-44(41)35-25-29-17-7-8-18-31(29)39(35)43(40)48/h1-24,26H,25H2. The Kier molecular flexibility index (Phi) is 5.60. The molecule has 7 aromatic carbocycles. The lowest BCUT2D eigenvalue weighted by Gasteiger charge is -2.15. The first-order chi connectivity index (χ1) is 24.3. The number of para-hydroxylation sites is 1. The molecule has 1 aliphatic rings. The van der Waals surface area contributed by atoms with Crippen LogP contribution in [-0.2, 0) is 6.42 Å². The van der Waals surface area contributed by atoms with Crippen molar-refractivity contribution in [1.29, 1.82) is 0 Å². The van der Waals surface area contributed by atoms with Crippen molar-refractivity contribution in [3.63, 3.8) is 0 Å². The maximum atomic E-state index is 5.23. The summed E-state index contributed by atoms with van der Waals surface area (Å²) in [6, 6.07) is 54.4. The Bertz CT molecular complexity index is 2950. The lowest BCUT2D eigenvalue weighted by molar-refractivity contribution is 1.18. The molecule has 0 atom stereocenters. The lowest BCUT2D eigenvalue weighted by Crippen LogP contribution is -1.99. The monoisotopic (exact) mass is 641 g/mol. The highest BCUT2D eigenvalue weighted by Gasteiger charge is 2.30. The second kappa shape index (κ2) is 10.2. The fraction of sp³-hybridized carbons (Fsp3) is 0.0222. The number of hydrogen-bond acceptors (Lipinski definition) is 3. The van der Waals surface area contributed by atoms with Crippen LogP contribution in [0.25, 0.3) is 92.3 Å². The summed E-state index contributed by atoms with van der Waals surface area (Å²) in [7, 11) is 0. The smallest absolute Gasteiger partial charge is 0.160 e. The fourth-order valence-electron chi connectivity index (χ4n) is 8.12. The van der Waals surface area contributed by atoms with Gasteiger partial charge in [-0.1, -0.05) is 121 Å². The van der Waals surface area contributed by atoms with Gasteiger partial charge in [0.05, 0.1) is 22.2 Å². The number of rotatable bonds is 3. The molecule has 0 saturated heterocycles. The van der Waals surface area contributed by atoms with Crippen LogP contribution in [0.1, 0.15) is 11.1 Å². The van der Waals surface area contributed by atoms with Crippen LogP contribution >= 0.6 is 11.3 Å². The predicted octanol–water partition coefficient (Wildman–Crippen LogP) is 12.0. The molecular formula is C45H27N3S. The molecule has 1 aliphatic carbocycles. The van der Waals surface area contributed by atoms with Gasteiger partial charge in [0.15, 0.2) is 5.82 Å². The van der Waals surface area contributed by atoms with E-state index in [9.17, 15) is 0 Å². The number of benzene rings is 7. The summed E-state index contributed by atoms with van der Waals surface area (Å²) in [4.78, 5) is 10.3. The van der Waals surface area contributed by atoms with Gasteiger partial charge in [-0.3, -0.25) is 0 Å². The SMILES string of the molecule is c1ccc(-c2nc(-c3ccccc3)c3cc(-n4c5ccccc5c5c6c(sc7ccccc76)c6c(c54)-c4ccccc4C6)ccc3n2)cc1. The molecule has 0 saturated carbocycles. The summed E-state index contributed by atoms with van der Waals surface area (Å²) in [6.45, 7) is 0. The minimum absolute atomic E-state index is 0.734. The van der Waals surface area contributed by atoms with Gasteiger partial charge in [-0.2, -0.15) is 0 Å². The second-order valence-corrected chi connectivity index (χ2v) is 13.9. The Hall–Kier alpha value is -6.10. The first-order valence-corrected chi connectivity index (χ1v) is 17.5. The van der Waals surface area contributed by atoms with Gasteiger partial charge in [-0.05, 0) is 47.0 Å². The molecule has 0 radical (unpaired) electrons. The molecule has 10 aromatic rings. The van der Waals surface area contributed by atoms with Crippen LogP contribution in [0, 0.1) is 0 Å². The Labute approximate surface area is 286 Å². The molecule has 0 fully saturated rings. The summed E-state index contributed by atoms with van der Waals surface area (Å²) in [6.07, 6.45) is 0.943. The normalized spacial score (nSPS) is 12.4. The largest absolute Gasteiger partial charge is 0.309 e. The Morgan fingerprint density at radius 3 is 2.14 bits per heavy atom. The first-order valence-electron chi connectivity index (χ1n) is 16.7. The second-order valence-electron chi connectivity index (χ2n) is 12.9. The third-order valence-electron chi connectivity index (χ3n) is 10.2. The number of fused-ring (bicyclic) bond motifs is 13. The molecule has 0 unspecified atom stereocenters. The van der Waals surface area contributed by atoms with Crippen LogP contribution in [0.2, 0.25) is 0 Å². The van der Waals surface area contributed by atoms with Crippen LogP contribution in [0.4, 0.5) is 0 Å². The van der Waals surface area contributed by atoms with Crippen molar-refractivity contribution < 1.29 is 0 Å². The average molecular weight is 642 g/mol. The van der Waals surface area contributed by atoms with Gasteiger partial charge in [0.1, 0.15) is 0 Å². The van der Waals surface area contributed by atoms with Crippen molar-refractivity contribution in [2.45, 2.75) is 6.42 Å². The number of aromatic nitrogens is 3. The fourth-order valence-corrected chi connectivity index (χ4v) is 9.37. The van der Waals surface area contributed by atoms with E-state index in [0.717, 1.165) is 45.7 Å². The highest BCUT2D eigenvalue weighted by Crippen LogP contribution is 2.53. The Morgan fingerprint density at radius 2 is 1.29 bits per heavy atom. The topological polar surface area (TPSA) is 30.7 Å². The predicted molar refractivity (Wildman–Crippen MR) is 206 cm³/mol. The van der Waals surface area contributed by atoms with Crippen molar-refractivity contribution >= 4 is 64.2 Å². The van der Waals surface area contributed by atoms with Gasteiger partial charge >= 0.3 is 0 Å². The molecule has 0 bridgehead atoms. The minimum Gasteiger partial charge on any atom is -0.309 e. The summed E-state index contributed by atoms with van der Waals surface area (Å²) in [5.41, 5.74) is 13.1. The highest BCUT2D eigenvalue weighted by molar-refractivity contribution is 7.26. The summed E-state index contributed by atoms with van der Waals surface area (Å²) >= 11 is 1.94. The van der Waals surface area contributed by atoms with E-state index in [1.807, 2.05) is 29.5 Å². The minimum atomic E-state index is 0.734. The molecule has 49 heavy (non-hydrogen) atoms. The molecule has 3 aromatic heterocycles.